The molecule has 1 fully saturated rings. The quantitative estimate of drug-likeness (QED) is 0.795. The van der Waals surface area contributed by atoms with Gasteiger partial charge in [-0.1, -0.05) is 29.8 Å². The van der Waals surface area contributed by atoms with Crippen LogP contribution in [0.15, 0.2) is 48.5 Å². The highest BCUT2D eigenvalue weighted by atomic mass is 35.5. The lowest BCUT2D eigenvalue weighted by molar-refractivity contribution is -0.892. The number of benzene rings is 2. The first-order chi connectivity index (χ1) is 13.0. The van der Waals surface area contributed by atoms with Gasteiger partial charge in [-0.2, -0.15) is 0 Å². The average molecular weight is 389 g/mol. The van der Waals surface area contributed by atoms with Crippen LogP contribution in [-0.2, 0) is 4.79 Å². The van der Waals surface area contributed by atoms with Gasteiger partial charge in [0.25, 0.3) is 5.91 Å². The van der Waals surface area contributed by atoms with Crippen LogP contribution in [0.25, 0.3) is 0 Å². The van der Waals surface area contributed by atoms with E-state index in [4.69, 9.17) is 16.3 Å². The Morgan fingerprint density at radius 3 is 2.59 bits per heavy atom. The molecule has 1 atom stereocenters. The zero-order chi connectivity index (χ0) is 19.2. The largest absolute Gasteiger partial charge is 0.497 e. The Bertz CT molecular complexity index is 758. The van der Waals surface area contributed by atoms with Crippen LogP contribution in [0.4, 0.5) is 5.69 Å². The summed E-state index contributed by atoms with van der Waals surface area (Å²) in [4.78, 5) is 16.1. The van der Waals surface area contributed by atoms with Crippen molar-refractivity contribution in [3.05, 3.63) is 59.1 Å². The molecular weight excluding hydrogens is 362 g/mol. The Kier molecular flexibility index (Phi) is 6.58. The number of hydrogen-bond acceptors (Lipinski definition) is 3. The number of methoxy groups -OCH3 is 1. The number of nitrogens with one attached hydrogen (secondary N) is 2. The molecule has 3 rings (SSSR count). The summed E-state index contributed by atoms with van der Waals surface area (Å²) in [7, 11) is 1.69. The standard InChI is InChI=1S/C21H26ClN3O2/c1-16(17-6-8-18(22)9-7-17)23-21(26)15-24-10-12-25(13-11-24)19-4-3-5-20(14-19)27-2/h3-9,14,16H,10-13,15H2,1-2H3,(H,23,26)/p+1/t16-/m1/s1. The molecule has 5 nitrogen and oxygen atoms in total. The lowest BCUT2D eigenvalue weighted by Crippen LogP contribution is -3.15. The van der Waals surface area contributed by atoms with E-state index >= 15 is 0 Å². The molecule has 2 aromatic rings. The van der Waals surface area contributed by atoms with Gasteiger partial charge in [0.15, 0.2) is 6.54 Å². The SMILES string of the molecule is COc1cccc(N2CC[NH+](CC(=O)N[C@H](C)c3ccc(Cl)cc3)CC2)c1. The minimum absolute atomic E-state index is 0.0211. The molecule has 0 unspecified atom stereocenters. The maximum absolute atomic E-state index is 12.4. The zero-order valence-electron chi connectivity index (χ0n) is 15.9. The molecule has 1 saturated heterocycles. The molecule has 1 aliphatic heterocycles. The number of halogens is 1. The second-order valence-corrected chi connectivity index (χ2v) is 7.39. The lowest BCUT2D eigenvalue weighted by Gasteiger charge is -2.33. The zero-order valence-corrected chi connectivity index (χ0v) is 16.6. The fourth-order valence-electron chi connectivity index (χ4n) is 3.42. The van der Waals surface area contributed by atoms with Crippen LogP contribution in [0.2, 0.25) is 5.02 Å². The number of hydrogen-bond donors (Lipinski definition) is 2. The Morgan fingerprint density at radius 2 is 1.93 bits per heavy atom. The van der Waals surface area contributed by atoms with Crippen LogP contribution >= 0.6 is 11.6 Å². The molecule has 27 heavy (non-hydrogen) atoms. The molecule has 0 aromatic heterocycles. The third kappa shape index (κ3) is 5.37. The lowest BCUT2D eigenvalue weighted by atomic mass is 10.1. The maximum atomic E-state index is 12.4. The van der Waals surface area contributed by atoms with Gasteiger partial charge in [0.1, 0.15) is 5.75 Å². The number of nitrogens with zero attached hydrogens (tertiary/aromatic N) is 1. The van der Waals surface area contributed by atoms with Gasteiger partial charge in [-0.15, -0.1) is 0 Å². The van der Waals surface area contributed by atoms with E-state index in [0.717, 1.165) is 37.5 Å². The Labute approximate surface area is 165 Å². The van der Waals surface area contributed by atoms with Crippen molar-refractivity contribution in [3.63, 3.8) is 0 Å². The summed E-state index contributed by atoms with van der Waals surface area (Å²) in [6, 6.07) is 15.7. The molecule has 0 aliphatic carbocycles. The van der Waals surface area contributed by atoms with Crippen LogP contribution in [-0.4, -0.2) is 45.7 Å². The smallest absolute Gasteiger partial charge is 0.275 e. The Hall–Kier alpha value is -2.24. The van der Waals surface area contributed by atoms with E-state index in [-0.39, 0.29) is 11.9 Å². The van der Waals surface area contributed by atoms with Crippen molar-refractivity contribution in [1.29, 1.82) is 0 Å². The van der Waals surface area contributed by atoms with Crippen LogP contribution in [0, 0.1) is 0 Å². The molecule has 0 spiro atoms. The minimum Gasteiger partial charge on any atom is -0.497 e. The fraction of sp³-hybridized carbons (Fsp3) is 0.381. The van der Waals surface area contributed by atoms with Crippen LogP contribution < -0.4 is 19.9 Å². The van der Waals surface area contributed by atoms with Crippen molar-refractivity contribution in [1.82, 2.24) is 5.32 Å². The number of piperazine rings is 1. The number of rotatable bonds is 6. The first-order valence-corrected chi connectivity index (χ1v) is 9.70. The summed E-state index contributed by atoms with van der Waals surface area (Å²) in [6.07, 6.45) is 0. The van der Waals surface area contributed by atoms with E-state index < -0.39 is 0 Å². The summed E-state index contributed by atoms with van der Waals surface area (Å²) in [5.41, 5.74) is 2.24. The molecule has 2 N–H and O–H groups in total. The third-order valence-corrected chi connectivity index (χ3v) is 5.30. The maximum Gasteiger partial charge on any atom is 0.275 e. The van der Waals surface area contributed by atoms with Crippen LogP contribution in [0.1, 0.15) is 18.5 Å². The molecule has 0 saturated carbocycles. The Morgan fingerprint density at radius 1 is 1.22 bits per heavy atom. The highest BCUT2D eigenvalue weighted by molar-refractivity contribution is 6.30. The van der Waals surface area contributed by atoms with E-state index in [2.05, 4.69) is 22.3 Å². The Balaban J connectivity index is 1.47. The predicted molar refractivity (Wildman–Crippen MR) is 109 cm³/mol. The first kappa shape index (κ1) is 19.5. The van der Waals surface area contributed by atoms with Crippen molar-refractivity contribution in [2.75, 3.05) is 44.7 Å². The number of quaternary nitrogens is 1. The molecule has 0 radical (unpaired) electrons. The highest BCUT2D eigenvalue weighted by Gasteiger charge is 2.23. The molecule has 1 amide bonds. The van der Waals surface area contributed by atoms with Crippen LogP contribution in [0.5, 0.6) is 5.75 Å². The molecule has 2 aromatic carbocycles. The number of carbonyl (C=O) groups excluding carboxylic acids is 1. The van der Waals surface area contributed by atoms with E-state index in [9.17, 15) is 4.79 Å². The van der Waals surface area contributed by atoms with Crippen molar-refractivity contribution < 1.29 is 14.4 Å². The normalized spacial score (nSPS) is 16.0. The van der Waals surface area contributed by atoms with Gasteiger partial charge in [0.2, 0.25) is 0 Å². The third-order valence-electron chi connectivity index (χ3n) is 5.05. The van der Waals surface area contributed by atoms with Gasteiger partial charge in [0.05, 0.1) is 39.3 Å². The van der Waals surface area contributed by atoms with Gasteiger partial charge in [0, 0.05) is 16.8 Å². The predicted octanol–water partition coefficient (Wildman–Crippen LogP) is 1.93. The van der Waals surface area contributed by atoms with E-state index in [0.29, 0.717) is 11.6 Å². The summed E-state index contributed by atoms with van der Waals surface area (Å²) in [5, 5.41) is 3.79. The highest BCUT2D eigenvalue weighted by Crippen LogP contribution is 2.20. The van der Waals surface area contributed by atoms with Crippen LogP contribution in [0.3, 0.4) is 0 Å². The minimum atomic E-state index is -0.0211. The van der Waals surface area contributed by atoms with Gasteiger partial charge in [-0.25, -0.2) is 0 Å². The second-order valence-electron chi connectivity index (χ2n) is 6.96. The van der Waals surface area contributed by atoms with Gasteiger partial charge < -0.3 is 19.9 Å². The number of ether oxygens (including phenoxy) is 1. The van der Waals surface area contributed by atoms with Gasteiger partial charge in [-0.05, 0) is 36.8 Å². The molecular formula is C21H27ClN3O2+. The summed E-state index contributed by atoms with van der Waals surface area (Å²) in [6.45, 7) is 6.26. The first-order valence-electron chi connectivity index (χ1n) is 9.32. The van der Waals surface area contributed by atoms with Crippen molar-refractivity contribution in [2.45, 2.75) is 13.0 Å². The molecule has 0 bridgehead atoms. The number of amides is 1. The van der Waals surface area contributed by atoms with Gasteiger partial charge in [-0.3, -0.25) is 4.79 Å². The number of carbonyl (C=O) groups is 1. The van der Waals surface area contributed by atoms with E-state index in [1.807, 2.05) is 43.3 Å². The van der Waals surface area contributed by atoms with Crippen molar-refractivity contribution in [2.24, 2.45) is 0 Å². The fourth-order valence-corrected chi connectivity index (χ4v) is 3.55. The summed E-state index contributed by atoms with van der Waals surface area (Å²) < 4.78 is 5.31. The van der Waals surface area contributed by atoms with Gasteiger partial charge >= 0.3 is 0 Å². The van der Waals surface area contributed by atoms with E-state index in [1.165, 1.54) is 10.6 Å². The molecule has 144 valence electrons. The monoisotopic (exact) mass is 388 g/mol. The topological polar surface area (TPSA) is 46.0 Å². The summed E-state index contributed by atoms with van der Waals surface area (Å²) >= 11 is 5.92. The molecule has 6 heteroatoms. The van der Waals surface area contributed by atoms with E-state index in [1.54, 1.807) is 7.11 Å². The molecule has 1 aliphatic rings. The molecule has 1 heterocycles. The number of anilines is 1. The summed E-state index contributed by atoms with van der Waals surface area (Å²) in [5.74, 6) is 0.958. The van der Waals surface area contributed by atoms with Crippen molar-refractivity contribution in [3.8, 4) is 5.75 Å². The average Bonchev–Trinajstić information content (AvgIpc) is 2.69. The second kappa shape index (κ2) is 9.11. The van der Waals surface area contributed by atoms with Crippen molar-refractivity contribution >= 4 is 23.2 Å².